The fourth-order valence-electron chi connectivity index (χ4n) is 3.01. The first-order valence-corrected chi connectivity index (χ1v) is 7.45. The van der Waals surface area contributed by atoms with E-state index in [1.165, 1.54) is 25.7 Å². The van der Waals surface area contributed by atoms with Gasteiger partial charge >= 0.3 is 0 Å². The van der Waals surface area contributed by atoms with Gasteiger partial charge in [-0.25, -0.2) is 0 Å². The van der Waals surface area contributed by atoms with Crippen LogP contribution in [0.15, 0.2) is 24.3 Å². The molecule has 1 aliphatic rings. The van der Waals surface area contributed by atoms with Gasteiger partial charge in [0, 0.05) is 19.1 Å². The Morgan fingerprint density at radius 3 is 2.42 bits per heavy atom. The SMILES string of the molecule is CCN(CC(O)c1ccc(CN)cc1)C1CCCC1. The predicted molar refractivity (Wildman–Crippen MR) is 78.8 cm³/mol. The van der Waals surface area contributed by atoms with Crippen LogP contribution in [0.3, 0.4) is 0 Å². The molecule has 0 aliphatic heterocycles. The van der Waals surface area contributed by atoms with E-state index >= 15 is 0 Å². The molecule has 106 valence electrons. The second kappa shape index (κ2) is 7.04. The van der Waals surface area contributed by atoms with Crippen LogP contribution >= 0.6 is 0 Å². The number of aliphatic hydroxyl groups excluding tert-OH is 1. The Balaban J connectivity index is 1.95. The maximum atomic E-state index is 10.4. The van der Waals surface area contributed by atoms with Gasteiger partial charge in [-0.3, -0.25) is 4.90 Å². The highest BCUT2D eigenvalue weighted by atomic mass is 16.3. The van der Waals surface area contributed by atoms with Crippen molar-refractivity contribution in [2.75, 3.05) is 13.1 Å². The van der Waals surface area contributed by atoms with Gasteiger partial charge in [0.05, 0.1) is 6.10 Å². The zero-order valence-corrected chi connectivity index (χ0v) is 11.9. The molecule has 0 saturated heterocycles. The number of aliphatic hydroxyl groups is 1. The van der Waals surface area contributed by atoms with E-state index < -0.39 is 6.10 Å². The van der Waals surface area contributed by atoms with Crippen molar-refractivity contribution in [1.82, 2.24) is 4.90 Å². The van der Waals surface area contributed by atoms with Gasteiger partial charge in [0.15, 0.2) is 0 Å². The van der Waals surface area contributed by atoms with Gasteiger partial charge in [0.2, 0.25) is 0 Å². The van der Waals surface area contributed by atoms with E-state index in [1.54, 1.807) is 0 Å². The number of rotatable bonds is 6. The van der Waals surface area contributed by atoms with Gasteiger partial charge in [-0.15, -0.1) is 0 Å². The lowest BCUT2D eigenvalue weighted by Crippen LogP contribution is -2.36. The molecule has 0 radical (unpaired) electrons. The van der Waals surface area contributed by atoms with E-state index in [1.807, 2.05) is 24.3 Å². The fraction of sp³-hybridized carbons (Fsp3) is 0.625. The lowest BCUT2D eigenvalue weighted by Gasteiger charge is -2.29. The molecule has 1 unspecified atom stereocenters. The Bertz CT molecular complexity index is 371. The lowest BCUT2D eigenvalue weighted by molar-refractivity contribution is 0.0914. The number of hydrogen-bond donors (Lipinski definition) is 2. The highest BCUT2D eigenvalue weighted by Crippen LogP contribution is 2.25. The van der Waals surface area contributed by atoms with Crippen LogP contribution in [0.25, 0.3) is 0 Å². The molecule has 3 N–H and O–H groups in total. The number of nitrogens with two attached hydrogens (primary N) is 1. The Kier molecular flexibility index (Phi) is 5.37. The minimum Gasteiger partial charge on any atom is -0.387 e. The summed E-state index contributed by atoms with van der Waals surface area (Å²) in [6.07, 6.45) is 4.84. The first-order valence-electron chi connectivity index (χ1n) is 7.45. The quantitative estimate of drug-likeness (QED) is 0.828. The minimum absolute atomic E-state index is 0.396. The Morgan fingerprint density at radius 1 is 1.26 bits per heavy atom. The van der Waals surface area contributed by atoms with Crippen LogP contribution in [0.1, 0.15) is 49.8 Å². The molecular weight excluding hydrogens is 236 g/mol. The molecule has 0 bridgehead atoms. The van der Waals surface area contributed by atoms with Crippen molar-refractivity contribution in [2.45, 2.75) is 51.3 Å². The fourth-order valence-corrected chi connectivity index (χ4v) is 3.01. The van der Waals surface area contributed by atoms with E-state index in [0.29, 0.717) is 12.6 Å². The lowest BCUT2D eigenvalue weighted by atomic mass is 10.1. The van der Waals surface area contributed by atoms with Crippen molar-refractivity contribution in [3.8, 4) is 0 Å². The zero-order valence-electron chi connectivity index (χ0n) is 11.9. The van der Waals surface area contributed by atoms with Gasteiger partial charge in [-0.05, 0) is 30.5 Å². The third-order valence-corrected chi connectivity index (χ3v) is 4.25. The first-order chi connectivity index (χ1) is 9.24. The second-order valence-corrected chi connectivity index (χ2v) is 5.49. The molecule has 1 aromatic carbocycles. The van der Waals surface area contributed by atoms with Crippen molar-refractivity contribution in [2.24, 2.45) is 5.73 Å². The first kappa shape index (κ1) is 14.5. The average molecular weight is 262 g/mol. The number of hydrogen-bond acceptors (Lipinski definition) is 3. The molecule has 19 heavy (non-hydrogen) atoms. The summed E-state index contributed by atoms with van der Waals surface area (Å²) in [7, 11) is 0. The second-order valence-electron chi connectivity index (χ2n) is 5.49. The maximum absolute atomic E-state index is 10.4. The monoisotopic (exact) mass is 262 g/mol. The molecule has 0 aromatic heterocycles. The third-order valence-electron chi connectivity index (χ3n) is 4.25. The van der Waals surface area contributed by atoms with E-state index in [-0.39, 0.29) is 0 Å². The van der Waals surface area contributed by atoms with Gasteiger partial charge < -0.3 is 10.8 Å². The molecule has 2 rings (SSSR count). The Hall–Kier alpha value is -0.900. The highest BCUT2D eigenvalue weighted by Gasteiger charge is 2.23. The van der Waals surface area contributed by atoms with Crippen LogP contribution in [0, 0.1) is 0 Å². The number of benzene rings is 1. The van der Waals surface area contributed by atoms with E-state index in [2.05, 4.69) is 11.8 Å². The summed E-state index contributed by atoms with van der Waals surface area (Å²) in [6.45, 7) is 4.49. The molecule has 0 heterocycles. The molecule has 3 nitrogen and oxygen atoms in total. The Morgan fingerprint density at radius 2 is 1.89 bits per heavy atom. The molecular formula is C16H26N2O. The van der Waals surface area contributed by atoms with Gasteiger partial charge in [0.1, 0.15) is 0 Å². The van der Waals surface area contributed by atoms with Crippen molar-refractivity contribution < 1.29 is 5.11 Å². The van der Waals surface area contributed by atoms with E-state index in [4.69, 9.17) is 5.73 Å². The standard InChI is InChI=1S/C16H26N2O/c1-2-18(15-5-3-4-6-15)12-16(19)14-9-7-13(11-17)8-10-14/h7-10,15-16,19H,2-6,11-12,17H2,1H3. The third kappa shape index (κ3) is 3.78. The summed E-state index contributed by atoms with van der Waals surface area (Å²) in [5.74, 6) is 0. The number of nitrogens with zero attached hydrogens (tertiary/aromatic N) is 1. The van der Waals surface area contributed by atoms with Crippen molar-refractivity contribution >= 4 is 0 Å². The highest BCUT2D eigenvalue weighted by molar-refractivity contribution is 5.24. The smallest absolute Gasteiger partial charge is 0.0917 e. The molecule has 1 aliphatic carbocycles. The van der Waals surface area contributed by atoms with Crippen LogP contribution in [0.4, 0.5) is 0 Å². The largest absolute Gasteiger partial charge is 0.387 e. The molecule has 1 aromatic rings. The molecule has 0 amide bonds. The normalized spacial score (nSPS) is 18.1. The van der Waals surface area contributed by atoms with E-state index in [0.717, 1.165) is 24.2 Å². The van der Waals surface area contributed by atoms with Crippen LogP contribution < -0.4 is 5.73 Å². The molecule has 3 heteroatoms. The van der Waals surface area contributed by atoms with Crippen LogP contribution in [-0.4, -0.2) is 29.1 Å². The van der Waals surface area contributed by atoms with Gasteiger partial charge in [0.25, 0.3) is 0 Å². The van der Waals surface area contributed by atoms with Crippen molar-refractivity contribution in [3.63, 3.8) is 0 Å². The van der Waals surface area contributed by atoms with Crippen LogP contribution in [-0.2, 0) is 6.54 Å². The maximum Gasteiger partial charge on any atom is 0.0917 e. The van der Waals surface area contributed by atoms with Crippen LogP contribution in [0.5, 0.6) is 0 Å². The predicted octanol–water partition coefficient (Wildman–Crippen LogP) is 2.44. The summed E-state index contributed by atoms with van der Waals surface area (Å²) in [6, 6.07) is 8.67. The molecule has 1 saturated carbocycles. The summed E-state index contributed by atoms with van der Waals surface area (Å²) in [5, 5.41) is 10.4. The van der Waals surface area contributed by atoms with Gasteiger partial charge in [-0.2, -0.15) is 0 Å². The van der Waals surface area contributed by atoms with Crippen molar-refractivity contribution in [3.05, 3.63) is 35.4 Å². The Labute approximate surface area is 116 Å². The van der Waals surface area contributed by atoms with E-state index in [9.17, 15) is 5.11 Å². The number of likely N-dealkylation sites (N-methyl/N-ethyl adjacent to an activating group) is 1. The van der Waals surface area contributed by atoms with Crippen LogP contribution in [0.2, 0.25) is 0 Å². The summed E-state index contributed by atoms with van der Waals surface area (Å²) in [4.78, 5) is 2.43. The summed E-state index contributed by atoms with van der Waals surface area (Å²) >= 11 is 0. The summed E-state index contributed by atoms with van der Waals surface area (Å²) in [5.41, 5.74) is 7.69. The molecule has 0 spiro atoms. The van der Waals surface area contributed by atoms with Gasteiger partial charge in [-0.1, -0.05) is 44.0 Å². The zero-order chi connectivity index (χ0) is 13.7. The van der Waals surface area contributed by atoms with Crippen molar-refractivity contribution in [1.29, 1.82) is 0 Å². The molecule has 1 atom stereocenters. The molecule has 1 fully saturated rings. The average Bonchev–Trinajstić information content (AvgIpc) is 2.98. The minimum atomic E-state index is -0.396. The topological polar surface area (TPSA) is 49.5 Å². The summed E-state index contributed by atoms with van der Waals surface area (Å²) < 4.78 is 0.